The summed E-state index contributed by atoms with van der Waals surface area (Å²) >= 11 is 0. The van der Waals surface area contributed by atoms with E-state index in [1.54, 1.807) is 6.92 Å². The third-order valence-electron chi connectivity index (χ3n) is 5.07. The smallest absolute Gasteiger partial charge is 0.261 e. The number of rotatable bonds is 7. The Hall–Kier alpha value is -1.99. The molecule has 31 heavy (non-hydrogen) atoms. The van der Waals surface area contributed by atoms with Gasteiger partial charge in [-0.05, 0) is 62.7 Å². The van der Waals surface area contributed by atoms with Crippen LogP contribution in [0.1, 0.15) is 24.8 Å². The van der Waals surface area contributed by atoms with Crippen LogP contribution in [-0.4, -0.2) is 49.7 Å². The number of aryl methyl sites for hydroxylation is 1. The first kappa shape index (κ1) is 23.7. The summed E-state index contributed by atoms with van der Waals surface area (Å²) in [7, 11) is -10.5. The van der Waals surface area contributed by atoms with Crippen molar-refractivity contribution >= 4 is 35.8 Å². The molecule has 1 heterocycles. The van der Waals surface area contributed by atoms with Gasteiger partial charge in [0.05, 0.1) is 20.4 Å². The fraction of sp³-hybridized carbons (Fsp3) is 0.368. The lowest BCUT2D eigenvalue weighted by Crippen LogP contribution is -2.36. The maximum absolute atomic E-state index is 13.1. The number of piperidine rings is 1. The number of nitrogens with zero attached hydrogens (tertiary/aromatic N) is 1. The summed E-state index contributed by atoms with van der Waals surface area (Å²) in [5, 5.41) is 0. The van der Waals surface area contributed by atoms with Gasteiger partial charge in [0, 0.05) is 13.1 Å². The third kappa shape index (κ3) is 5.09. The number of sulfonamides is 3. The second-order valence-corrected chi connectivity index (χ2v) is 12.7. The highest BCUT2D eigenvalue weighted by atomic mass is 32.2. The van der Waals surface area contributed by atoms with E-state index in [0.717, 1.165) is 25.3 Å². The predicted molar refractivity (Wildman–Crippen MR) is 117 cm³/mol. The van der Waals surface area contributed by atoms with Gasteiger partial charge >= 0.3 is 0 Å². The fourth-order valence-corrected chi connectivity index (χ4v) is 7.04. The average molecular weight is 488 g/mol. The van der Waals surface area contributed by atoms with Crippen molar-refractivity contribution in [2.24, 2.45) is 0 Å². The monoisotopic (exact) mass is 487 g/mol. The van der Waals surface area contributed by atoms with Crippen LogP contribution in [0.5, 0.6) is 0 Å². The Balaban J connectivity index is 1.95. The molecular weight excluding hydrogens is 462 g/mol. The lowest BCUT2D eigenvalue weighted by atomic mass is 10.2. The van der Waals surface area contributed by atoms with Gasteiger partial charge in [0.25, 0.3) is 10.0 Å². The molecule has 0 aromatic heterocycles. The van der Waals surface area contributed by atoms with Crippen LogP contribution in [0.2, 0.25) is 0 Å². The summed E-state index contributed by atoms with van der Waals surface area (Å²) in [4.78, 5) is -0.416. The molecule has 0 spiro atoms. The van der Waals surface area contributed by atoms with Crippen molar-refractivity contribution in [3.8, 4) is 0 Å². The van der Waals surface area contributed by atoms with Crippen LogP contribution >= 0.6 is 0 Å². The van der Waals surface area contributed by atoms with Crippen LogP contribution in [0.4, 0.5) is 5.69 Å². The molecule has 2 N–H and O–H groups in total. The second-order valence-electron chi connectivity index (χ2n) is 7.23. The summed E-state index contributed by atoms with van der Waals surface area (Å²) in [5.74, 6) is 0. The lowest BCUT2D eigenvalue weighted by molar-refractivity contribution is 0.346. The Morgan fingerprint density at radius 3 is 2.03 bits per heavy atom. The van der Waals surface area contributed by atoms with Crippen LogP contribution in [0.3, 0.4) is 0 Å². The van der Waals surface area contributed by atoms with Crippen molar-refractivity contribution < 1.29 is 25.3 Å². The van der Waals surface area contributed by atoms with E-state index in [0.29, 0.717) is 18.7 Å². The fourth-order valence-electron chi connectivity index (χ4n) is 3.33. The van der Waals surface area contributed by atoms with Crippen LogP contribution in [-0.2, 0) is 30.1 Å². The minimum absolute atomic E-state index is 0.0427. The average Bonchev–Trinajstić information content (AvgIpc) is 2.75. The molecule has 0 bridgehead atoms. The molecule has 1 fully saturated rings. The van der Waals surface area contributed by atoms with Gasteiger partial charge in [-0.1, -0.05) is 18.6 Å². The molecule has 0 aliphatic carbocycles. The van der Waals surface area contributed by atoms with Gasteiger partial charge < -0.3 is 0 Å². The highest BCUT2D eigenvalue weighted by molar-refractivity contribution is 7.93. The van der Waals surface area contributed by atoms with Crippen LogP contribution in [0, 0.1) is 6.92 Å². The topological polar surface area (TPSA) is 130 Å². The Morgan fingerprint density at radius 1 is 0.806 bits per heavy atom. The zero-order chi connectivity index (χ0) is 22.9. The van der Waals surface area contributed by atoms with Crippen molar-refractivity contribution in [1.82, 2.24) is 9.03 Å². The lowest BCUT2D eigenvalue weighted by Gasteiger charge is -2.26. The largest absolute Gasteiger partial charge is 0.280 e. The molecule has 0 radical (unpaired) electrons. The standard InChI is InChI=1S/C19H25N3O6S3/c1-15-9-10-16(13-19(15)31(27,28)22-11-4-3-5-12-22)21-30(25,26)18-8-6-7-17(14-18)29(23,24)20-2/h6-10,13-14,20-21H,3-5,11-12H2,1-2H3. The molecular formula is C19H25N3O6S3. The van der Waals surface area contributed by atoms with Gasteiger partial charge in [-0.25, -0.2) is 30.0 Å². The van der Waals surface area contributed by atoms with Crippen molar-refractivity contribution in [2.45, 2.75) is 40.9 Å². The summed E-state index contributed by atoms with van der Waals surface area (Å²) in [6.45, 7) is 2.52. The van der Waals surface area contributed by atoms with Crippen LogP contribution < -0.4 is 9.44 Å². The van der Waals surface area contributed by atoms with Gasteiger partial charge in [-0.3, -0.25) is 4.72 Å². The van der Waals surface area contributed by atoms with Gasteiger partial charge in [0.15, 0.2) is 0 Å². The van der Waals surface area contributed by atoms with Crippen molar-refractivity contribution in [2.75, 3.05) is 24.9 Å². The minimum Gasteiger partial charge on any atom is -0.280 e. The zero-order valence-electron chi connectivity index (χ0n) is 17.2. The summed E-state index contributed by atoms with van der Waals surface area (Å²) in [6, 6.07) is 9.20. The predicted octanol–water partition coefficient (Wildman–Crippen LogP) is 1.88. The number of nitrogens with one attached hydrogen (secondary N) is 2. The van der Waals surface area contributed by atoms with E-state index in [-0.39, 0.29) is 20.4 Å². The Bertz CT molecular complexity index is 1280. The number of benzene rings is 2. The molecule has 1 aliphatic heterocycles. The first-order valence-electron chi connectivity index (χ1n) is 9.65. The number of hydrogen-bond acceptors (Lipinski definition) is 6. The zero-order valence-corrected chi connectivity index (χ0v) is 19.6. The number of anilines is 1. The Morgan fingerprint density at radius 2 is 1.42 bits per heavy atom. The van der Waals surface area contributed by atoms with E-state index in [1.165, 1.54) is 47.8 Å². The summed E-state index contributed by atoms with van der Waals surface area (Å²) < 4.78 is 81.6. The van der Waals surface area contributed by atoms with Crippen molar-refractivity contribution in [1.29, 1.82) is 0 Å². The van der Waals surface area contributed by atoms with Gasteiger partial charge in [-0.15, -0.1) is 0 Å². The number of hydrogen-bond donors (Lipinski definition) is 2. The molecule has 3 rings (SSSR count). The first-order valence-corrected chi connectivity index (χ1v) is 14.1. The van der Waals surface area contributed by atoms with E-state index in [9.17, 15) is 25.3 Å². The normalized spacial score (nSPS) is 16.2. The highest BCUT2D eigenvalue weighted by Gasteiger charge is 2.28. The Kier molecular flexibility index (Phi) is 6.77. The molecule has 12 heteroatoms. The molecule has 9 nitrogen and oxygen atoms in total. The molecule has 0 atom stereocenters. The van der Waals surface area contributed by atoms with Crippen LogP contribution in [0.15, 0.2) is 57.2 Å². The molecule has 1 aliphatic rings. The highest BCUT2D eigenvalue weighted by Crippen LogP contribution is 2.27. The van der Waals surface area contributed by atoms with E-state index in [1.807, 2.05) is 0 Å². The molecule has 170 valence electrons. The SMILES string of the molecule is CNS(=O)(=O)c1cccc(S(=O)(=O)Nc2ccc(C)c(S(=O)(=O)N3CCCCC3)c2)c1. The molecule has 2 aromatic rings. The quantitative estimate of drug-likeness (QED) is 0.613. The molecule has 0 amide bonds. The van der Waals surface area contributed by atoms with Crippen LogP contribution in [0.25, 0.3) is 0 Å². The molecule has 0 saturated carbocycles. The van der Waals surface area contributed by atoms with Gasteiger partial charge in [-0.2, -0.15) is 4.31 Å². The Labute approximate surface area is 183 Å². The van der Waals surface area contributed by atoms with Crippen molar-refractivity contribution in [3.05, 3.63) is 48.0 Å². The van der Waals surface area contributed by atoms with Gasteiger partial charge in [0.1, 0.15) is 0 Å². The van der Waals surface area contributed by atoms with Crippen molar-refractivity contribution in [3.63, 3.8) is 0 Å². The molecule has 0 unspecified atom stereocenters. The maximum atomic E-state index is 13.1. The van der Waals surface area contributed by atoms with E-state index < -0.39 is 30.1 Å². The van der Waals surface area contributed by atoms with E-state index in [4.69, 9.17) is 0 Å². The molecule has 2 aromatic carbocycles. The summed E-state index contributed by atoms with van der Waals surface area (Å²) in [6.07, 6.45) is 2.56. The van der Waals surface area contributed by atoms with E-state index >= 15 is 0 Å². The third-order valence-corrected chi connectivity index (χ3v) is 9.90. The summed E-state index contributed by atoms with van der Waals surface area (Å²) in [5.41, 5.74) is 0.582. The minimum atomic E-state index is -4.15. The molecule has 1 saturated heterocycles. The second kappa shape index (κ2) is 8.87. The van der Waals surface area contributed by atoms with Gasteiger partial charge in [0.2, 0.25) is 20.0 Å². The first-order chi connectivity index (χ1) is 14.5. The van der Waals surface area contributed by atoms with E-state index in [2.05, 4.69) is 9.44 Å². The maximum Gasteiger partial charge on any atom is 0.261 e.